The van der Waals surface area contributed by atoms with Gasteiger partial charge in [0.15, 0.2) is 0 Å². The van der Waals surface area contributed by atoms with Crippen molar-refractivity contribution in [3.63, 3.8) is 0 Å². The van der Waals surface area contributed by atoms with Crippen LogP contribution < -0.4 is 9.62 Å². The van der Waals surface area contributed by atoms with Crippen LogP contribution in [0.1, 0.15) is 37.0 Å². The molecule has 10 nitrogen and oxygen atoms in total. The van der Waals surface area contributed by atoms with Crippen LogP contribution in [0.2, 0.25) is 10.0 Å². The molecule has 3 rings (SSSR count). The number of carbonyl (C=O) groups excluding carboxylic acids is 2. The van der Waals surface area contributed by atoms with Gasteiger partial charge in [0.2, 0.25) is 21.8 Å². The topological polar surface area (TPSA) is 130 Å². The number of halogens is 2. The van der Waals surface area contributed by atoms with Crippen LogP contribution in [0, 0.1) is 17.0 Å². The quantitative estimate of drug-likeness (QED) is 0.192. The Bertz CT molecular complexity index is 1590. The van der Waals surface area contributed by atoms with E-state index in [1.165, 1.54) is 17.0 Å². The number of hydrogen-bond acceptors (Lipinski definition) is 6. The number of nitro benzene ring substituents is 1. The lowest BCUT2D eigenvalue weighted by molar-refractivity contribution is -0.384. The van der Waals surface area contributed by atoms with E-state index in [0.29, 0.717) is 22.6 Å². The molecule has 0 unspecified atom stereocenters. The van der Waals surface area contributed by atoms with Gasteiger partial charge in [-0.2, -0.15) is 0 Å². The summed E-state index contributed by atoms with van der Waals surface area (Å²) in [6.07, 6.45) is 1.71. The Labute approximate surface area is 261 Å². The molecule has 3 aromatic rings. The Morgan fingerprint density at radius 3 is 2.26 bits per heavy atom. The number of nitrogens with one attached hydrogen (secondary N) is 1. The van der Waals surface area contributed by atoms with Crippen molar-refractivity contribution in [3.8, 4) is 0 Å². The zero-order valence-corrected chi connectivity index (χ0v) is 26.6. The second-order valence-corrected chi connectivity index (χ2v) is 13.0. The average Bonchev–Trinajstić information content (AvgIpc) is 2.95. The molecule has 230 valence electrons. The van der Waals surface area contributed by atoms with Crippen molar-refractivity contribution in [2.75, 3.05) is 17.1 Å². The highest BCUT2D eigenvalue weighted by atomic mass is 35.5. The fourth-order valence-electron chi connectivity index (χ4n) is 4.40. The Kier molecular flexibility index (Phi) is 11.5. The monoisotopic (exact) mass is 648 g/mol. The Balaban J connectivity index is 2.13. The van der Waals surface area contributed by atoms with Gasteiger partial charge in [0.25, 0.3) is 5.69 Å². The minimum absolute atomic E-state index is 0.0109. The third-order valence-corrected chi connectivity index (χ3v) is 8.83. The molecule has 2 amide bonds. The van der Waals surface area contributed by atoms with E-state index in [9.17, 15) is 28.1 Å². The van der Waals surface area contributed by atoms with Gasteiger partial charge in [-0.05, 0) is 49.1 Å². The Morgan fingerprint density at radius 1 is 1.00 bits per heavy atom. The summed E-state index contributed by atoms with van der Waals surface area (Å²) in [5.74, 6) is -1.10. The molecular weight excluding hydrogens is 615 g/mol. The molecule has 0 fully saturated rings. The number of nitro groups is 1. The molecule has 2 atom stereocenters. The zero-order chi connectivity index (χ0) is 31.9. The smallest absolute Gasteiger partial charge is 0.271 e. The van der Waals surface area contributed by atoms with Crippen molar-refractivity contribution in [3.05, 3.63) is 104 Å². The standard InChI is InChI=1S/C30H34Cl2N4O6S/c1-5-21(3)33-30(38)28(16-22-9-7-6-8-10-22)34(18-23-12-14-25(31)26(32)15-23)29(37)19-35(43(4,41)42)27-17-24(36(39)40)13-11-20(27)2/h6-15,17,21,28H,5,16,18-19H2,1-4H3,(H,33,38)/t21-,28-/m1/s1. The van der Waals surface area contributed by atoms with Gasteiger partial charge in [0.05, 0.1) is 26.9 Å². The number of carbonyl (C=O) groups is 2. The predicted octanol–water partition coefficient (Wildman–Crippen LogP) is 5.53. The number of benzene rings is 3. The molecule has 0 bridgehead atoms. The summed E-state index contributed by atoms with van der Waals surface area (Å²) in [5.41, 5.74) is 1.42. The molecule has 0 aliphatic rings. The van der Waals surface area contributed by atoms with Gasteiger partial charge in [0.1, 0.15) is 12.6 Å². The first-order valence-corrected chi connectivity index (χ1v) is 16.1. The second-order valence-electron chi connectivity index (χ2n) is 10.3. The molecule has 1 N–H and O–H groups in total. The molecule has 0 aliphatic heterocycles. The van der Waals surface area contributed by atoms with Crippen molar-refractivity contribution >= 4 is 56.4 Å². The largest absolute Gasteiger partial charge is 0.352 e. The molecule has 0 saturated carbocycles. The maximum Gasteiger partial charge on any atom is 0.271 e. The summed E-state index contributed by atoms with van der Waals surface area (Å²) >= 11 is 12.4. The third-order valence-electron chi connectivity index (χ3n) is 6.96. The molecule has 0 spiro atoms. The first kappa shape index (κ1) is 33.8. The Hall–Kier alpha value is -3.67. The minimum atomic E-state index is -4.10. The van der Waals surface area contributed by atoms with Crippen LogP contribution in [0.25, 0.3) is 0 Å². The number of aryl methyl sites for hydroxylation is 1. The summed E-state index contributed by atoms with van der Waals surface area (Å²) in [6.45, 7) is 4.56. The summed E-state index contributed by atoms with van der Waals surface area (Å²) in [5, 5.41) is 15.0. The Morgan fingerprint density at radius 2 is 1.67 bits per heavy atom. The van der Waals surface area contributed by atoms with E-state index < -0.39 is 39.3 Å². The average molecular weight is 650 g/mol. The van der Waals surface area contributed by atoms with E-state index in [-0.39, 0.29) is 35.4 Å². The fraction of sp³-hybridized carbons (Fsp3) is 0.333. The highest BCUT2D eigenvalue weighted by molar-refractivity contribution is 7.92. The lowest BCUT2D eigenvalue weighted by Crippen LogP contribution is -2.54. The van der Waals surface area contributed by atoms with Crippen LogP contribution in [0.15, 0.2) is 66.7 Å². The number of non-ortho nitro benzene ring substituents is 1. The molecule has 0 radical (unpaired) electrons. The SMILES string of the molecule is CC[C@@H](C)NC(=O)[C@@H](Cc1ccccc1)N(Cc1ccc(Cl)c(Cl)c1)C(=O)CN(c1cc([N+](=O)[O-])ccc1C)S(C)(=O)=O. The maximum absolute atomic E-state index is 14.2. The fourth-order valence-corrected chi connectivity index (χ4v) is 5.62. The number of rotatable bonds is 13. The van der Waals surface area contributed by atoms with Crippen LogP contribution in [0.3, 0.4) is 0 Å². The molecule has 13 heteroatoms. The number of sulfonamides is 1. The van der Waals surface area contributed by atoms with Gasteiger partial charge in [-0.3, -0.25) is 24.0 Å². The van der Waals surface area contributed by atoms with Crippen molar-refractivity contribution in [1.29, 1.82) is 0 Å². The van der Waals surface area contributed by atoms with Gasteiger partial charge >= 0.3 is 0 Å². The molecule has 0 saturated heterocycles. The maximum atomic E-state index is 14.2. The van der Waals surface area contributed by atoms with Crippen molar-refractivity contribution < 1.29 is 22.9 Å². The van der Waals surface area contributed by atoms with Gasteiger partial charge in [0, 0.05) is 31.1 Å². The summed E-state index contributed by atoms with van der Waals surface area (Å²) in [4.78, 5) is 40.1. The van der Waals surface area contributed by atoms with Crippen LogP contribution in [-0.2, 0) is 32.6 Å². The summed E-state index contributed by atoms with van der Waals surface area (Å²) < 4.78 is 26.9. The number of nitrogens with zero attached hydrogens (tertiary/aromatic N) is 3. The van der Waals surface area contributed by atoms with Crippen molar-refractivity contribution in [2.45, 2.75) is 52.2 Å². The van der Waals surface area contributed by atoms with Crippen molar-refractivity contribution in [1.82, 2.24) is 10.2 Å². The van der Waals surface area contributed by atoms with Crippen LogP contribution in [0.5, 0.6) is 0 Å². The molecular formula is C30H34Cl2N4O6S. The van der Waals surface area contributed by atoms with Crippen molar-refractivity contribution in [2.24, 2.45) is 0 Å². The lowest BCUT2D eigenvalue weighted by Gasteiger charge is -2.34. The molecule has 0 aromatic heterocycles. The van der Waals surface area contributed by atoms with Crippen LogP contribution in [-0.4, -0.2) is 54.9 Å². The van der Waals surface area contributed by atoms with Crippen LogP contribution >= 0.6 is 23.2 Å². The highest BCUT2D eigenvalue weighted by Crippen LogP contribution is 2.29. The molecule has 0 heterocycles. The normalized spacial score (nSPS) is 12.7. The third kappa shape index (κ3) is 9.16. The highest BCUT2D eigenvalue weighted by Gasteiger charge is 2.34. The zero-order valence-electron chi connectivity index (χ0n) is 24.3. The van der Waals surface area contributed by atoms with Gasteiger partial charge in [-0.15, -0.1) is 0 Å². The van der Waals surface area contributed by atoms with E-state index in [4.69, 9.17) is 23.2 Å². The lowest BCUT2D eigenvalue weighted by atomic mass is 10.0. The van der Waals surface area contributed by atoms with Crippen LogP contribution in [0.4, 0.5) is 11.4 Å². The number of amides is 2. The van der Waals surface area contributed by atoms with E-state index >= 15 is 0 Å². The molecule has 3 aromatic carbocycles. The van der Waals surface area contributed by atoms with E-state index in [1.54, 1.807) is 25.1 Å². The van der Waals surface area contributed by atoms with Gasteiger partial charge in [-0.25, -0.2) is 8.42 Å². The first-order valence-electron chi connectivity index (χ1n) is 13.5. The minimum Gasteiger partial charge on any atom is -0.352 e. The van der Waals surface area contributed by atoms with Gasteiger partial charge in [-0.1, -0.05) is 72.6 Å². The van der Waals surface area contributed by atoms with E-state index in [0.717, 1.165) is 22.2 Å². The molecule has 0 aliphatic carbocycles. The molecule has 43 heavy (non-hydrogen) atoms. The number of hydrogen-bond donors (Lipinski definition) is 1. The predicted molar refractivity (Wildman–Crippen MR) is 169 cm³/mol. The number of anilines is 1. The van der Waals surface area contributed by atoms with E-state index in [2.05, 4.69) is 5.32 Å². The second kappa shape index (κ2) is 14.7. The summed E-state index contributed by atoms with van der Waals surface area (Å²) in [6, 6.07) is 16.5. The summed E-state index contributed by atoms with van der Waals surface area (Å²) in [7, 11) is -4.10. The van der Waals surface area contributed by atoms with Gasteiger partial charge < -0.3 is 10.2 Å². The van der Waals surface area contributed by atoms with E-state index in [1.807, 2.05) is 44.2 Å². The first-order chi connectivity index (χ1) is 20.2.